The number of aromatic nitrogens is 2. The number of para-hydroxylation sites is 1. The van der Waals surface area contributed by atoms with E-state index in [0.717, 1.165) is 21.8 Å². The fourth-order valence-corrected chi connectivity index (χ4v) is 4.20. The standard InChI is InChI=1S/C25H24N4O2S/c1-18(26-24(30)19-10-5-3-6-11-19)25(31)28(2)16-20-17-29(21-12-7-4-8-13-21)27-23(20)22-14-9-15-32-22/h3-15,17-18H,16H2,1-2H3,(H,26,30). The van der Waals surface area contributed by atoms with Crippen LogP contribution < -0.4 is 5.32 Å². The molecule has 2 aromatic heterocycles. The van der Waals surface area contributed by atoms with Crippen molar-refractivity contribution in [3.63, 3.8) is 0 Å². The predicted octanol–water partition coefficient (Wildman–Crippen LogP) is 4.38. The van der Waals surface area contributed by atoms with Gasteiger partial charge in [0, 0.05) is 30.9 Å². The molecule has 7 heteroatoms. The number of carbonyl (C=O) groups excluding carboxylic acids is 2. The average molecular weight is 445 g/mol. The van der Waals surface area contributed by atoms with Gasteiger partial charge in [-0.25, -0.2) is 4.68 Å². The number of benzene rings is 2. The summed E-state index contributed by atoms with van der Waals surface area (Å²) in [5.41, 5.74) is 3.27. The summed E-state index contributed by atoms with van der Waals surface area (Å²) >= 11 is 1.61. The molecule has 0 saturated carbocycles. The van der Waals surface area contributed by atoms with Crippen LogP contribution in [-0.2, 0) is 11.3 Å². The molecule has 0 fully saturated rings. The Kier molecular flexibility index (Phi) is 6.47. The molecule has 32 heavy (non-hydrogen) atoms. The van der Waals surface area contributed by atoms with Gasteiger partial charge in [-0.3, -0.25) is 9.59 Å². The van der Waals surface area contributed by atoms with Crippen LogP contribution in [0.2, 0.25) is 0 Å². The second kappa shape index (κ2) is 9.62. The molecule has 0 bridgehead atoms. The van der Waals surface area contributed by atoms with Crippen molar-refractivity contribution in [3.8, 4) is 16.3 Å². The minimum atomic E-state index is -0.651. The molecule has 0 aliphatic rings. The maximum absolute atomic E-state index is 13.0. The van der Waals surface area contributed by atoms with E-state index in [1.807, 2.05) is 64.8 Å². The fraction of sp³-hybridized carbons (Fsp3) is 0.160. The van der Waals surface area contributed by atoms with Crippen molar-refractivity contribution in [1.29, 1.82) is 0 Å². The van der Waals surface area contributed by atoms with Gasteiger partial charge in [-0.1, -0.05) is 42.5 Å². The fourth-order valence-electron chi connectivity index (χ4n) is 3.45. The van der Waals surface area contributed by atoms with Gasteiger partial charge in [0.15, 0.2) is 0 Å². The Balaban J connectivity index is 1.51. The molecule has 0 aliphatic carbocycles. The van der Waals surface area contributed by atoms with Gasteiger partial charge < -0.3 is 10.2 Å². The molecule has 2 aromatic carbocycles. The lowest BCUT2D eigenvalue weighted by atomic mass is 10.1. The molecule has 2 amide bonds. The number of rotatable bonds is 7. The van der Waals surface area contributed by atoms with Gasteiger partial charge in [0.2, 0.25) is 5.91 Å². The topological polar surface area (TPSA) is 67.2 Å². The normalized spacial score (nSPS) is 11.7. The van der Waals surface area contributed by atoms with Crippen LogP contribution in [0.5, 0.6) is 0 Å². The van der Waals surface area contributed by atoms with Crippen LogP contribution >= 0.6 is 11.3 Å². The number of nitrogens with zero attached hydrogens (tertiary/aromatic N) is 3. The Morgan fingerprint density at radius 2 is 1.72 bits per heavy atom. The van der Waals surface area contributed by atoms with Crippen molar-refractivity contribution in [2.45, 2.75) is 19.5 Å². The van der Waals surface area contributed by atoms with E-state index >= 15 is 0 Å². The van der Waals surface area contributed by atoms with E-state index in [1.54, 1.807) is 54.5 Å². The van der Waals surface area contributed by atoms with Gasteiger partial charge in [-0.05, 0) is 42.6 Å². The number of carbonyl (C=O) groups is 2. The third-order valence-corrected chi connectivity index (χ3v) is 5.98. The summed E-state index contributed by atoms with van der Waals surface area (Å²) in [6.07, 6.45) is 1.96. The smallest absolute Gasteiger partial charge is 0.251 e. The Hall–Kier alpha value is -3.71. The molecule has 0 saturated heterocycles. The van der Waals surface area contributed by atoms with Crippen LogP contribution in [0.25, 0.3) is 16.3 Å². The van der Waals surface area contributed by atoms with E-state index in [-0.39, 0.29) is 11.8 Å². The molecule has 6 nitrogen and oxygen atoms in total. The summed E-state index contributed by atoms with van der Waals surface area (Å²) in [6, 6.07) is 22.1. The van der Waals surface area contributed by atoms with Crippen molar-refractivity contribution in [1.82, 2.24) is 20.0 Å². The second-order valence-corrected chi connectivity index (χ2v) is 8.46. The zero-order chi connectivity index (χ0) is 22.5. The highest BCUT2D eigenvalue weighted by molar-refractivity contribution is 7.13. The van der Waals surface area contributed by atoms with E-state index in [2.05, 4.69) is 5.32 Å². The summed E-state index contributed by atoms with van der Waals surface area (Å²) in [5, 5.41) is 9.59. The lowest BCUT2D eigenvalue weighted by Crippen LogP contribution is -2.45. The minimum Gasteiger partial charge on any atom is -0.341 e. The maximum atomic E-state index is 13.0. The van der Waals surface area contributed by atoms with E-state index in [0.29, 0.717) is 12.1 Å². The third kappa shape index (κ3) is 4.78. The van der Waals surface area contributed by atoms with Gasteiger partial charge in [-0.2, -0.15) is 5.10 Å². The zero-order valence-electron chi connectivity index (χ0n) is 17.9. The summed E-state index contributed by atoms with van der Waals surface area (Å²) in [7, 11) is 1.74. The Morgan fingerprint density at radius 3 is 2.38 bits per heavy atom. The first-order chi connectivity index (χ1) is 15.5. The number of nitrogens with one attached hydrogen (secondary N) is 1. The van der Waals surface area contributed by atoms with E-state index < -0.39 is 6.04 Å². The Bertz CT molecular complexity index is 1190. The van der Waals surface area contributed by atoms with Crippen molar-refractivity contribution in [2.24, 2.45) is 0 Å². The Labute approximate surface area is 191 Å². The third-order valence-electron chi connectivity index (χ3n) is 5.10. The molecule has 1 unspecified atom stereocenters. The van der Waals surface area contributed by atoms with Crippen molar-refractivity contribution in [3.05, 3.63) is 95.5 Å². The van der Waals surface area contributed by atoms with Crippen molar-refractivity contribution < 1.29 is 9.59 Å². The van der Waals surface area contributed by atoms with Gasteiger partial charge >= 0.3 is 0 Å². The highest BCUT2D eigenvalue weighted by Crippen LogP contribution is 2.28. The maximum Gasteiger partial charge on any atom is 0.251 e. The van der Waals surface area contributed by atoms with Gasteiger partial charge in [0.25, 0.3) is 5.91 Å². The average Bonchev–Trinajstić information content (AvgIpc) is 3.49. The van der Waals surface area contributed by atoms with Crippen molar-refractivity contribution in [2.75, 3.05) is 7.05 Å². The first-order valence-corrected chi connectivity index (χ1v) is 11.2. The molecule has 162 valence electrons. The number of likely N-dealkylation sites (N-methyl/N-ethyl adjacent to an activating group) is 1. The summed E-state index contributed by atoms with van der Waals surface area (Å²) < 4.78 is 1.84. The zero-order valence-corrected chi connectivity index (χ0v) is 18.8. The lowest BCUT2D eigenvalue weighted by Gasteiger charge is -2.22. The van der Waals surface area contributed by atoms with Crippen LogP contribution in [-0.4, -0.2) is 39.6 Å². The molecule has 1 atom stereocenters. The van der Waals surface area contributed by atoms with Gasteiger partial charge in [0.05, 0.1) is 10.6 Å². The Morgan fingerprint density at radius 1 is 1.03 bits per heavy atom. The molecule has 4 aromatic rings. The first-order valence-electron chi connectivity index (χ1n) is 10.3. The SMILES string of the molecule is CC(NC(=O)c1ccccc1)C(=O)N(C)Cc1cn(-c2ccccc2)nc1-c1cccs1. The van der Waals surface area contributed by atoms with E-state index in [1.165, 1.54) is 0 Å². The largest absolute Gasteiger partial charge is 0.341 e. The van der Waals surface area contributed by atoms with Gasteiger partial charge in [-0.15, -0.1) is 11.3 Å². The quantitative estimate of drug-likeness (QED) is 0.460. The summed E-state index contributed by atoms with van der Waals surface area (Å²) in [6.45, 7) is 2.08. The molecule has 2 heterocycles. The molecular weight excluding hydrogens is 420 g/mol. The molecule has 0 radical (unpaired) electrons. The highest BCUT2D eigenvalue weighted by atomic mass is 32.1. The molecule has 0 aliphatic heterocycles. The minimum absolute atomic E-state index is 0.168. The molecule has 4 rings (SSSR count). The molecular formula is C25H24N4O2S. The summed E-state index contributed by atoms with van der Waals surface area (Å²) in [5.74, 6) is -0.435. The lowest BCUT2D eigenvalue weighted by molar-refractivity contribution is -0.132. The summed E-state index contributed by atoms with van der Waals surface area (Å²) in [4.78, 5) is 28.1. The van der Waals surface area contributed by atoms with Crippen molar-refractivity contribution >= 4 is 23.2 Å². The van der Waals surface area contributed by atoms with Crippen LogP contribution in [0.4, 0.5) is 0 Å². The number of hydrogen-bond donors (Lipinski definition) is 1. The number of thiophene rings is 1. The predicted molar refractivity (Wildman–Crippen MR) is 127 cm³/mol. The van der Waals surface area contributed by atoms with Crippen LogP contribution in [0.15, 0.2) is 84.4 Å². The van der Waals surface area contributed by atoms with Crippen LogP contribution in [0, 0.1) is 0 Å². The van der Waals surface area contributed by atoms with E-state index in [9.17, 15) is 9.59 Å². The molecule has 1 N–H and O–H groups in total. The molecule has 0 spiro atoms. The highest BCUT2D eigenvalue weighted by Gasteiger charge is 2.22. The number of amides is 2. The van der Waals surface area contributed by atoms with E-state index in [4.69, 9.17) is 5.10 Å². The number of hydrogen-bond acceptors (Lipinski definition) is 4. The van der Waals surface area contributed by atoms with Crippen LogP contribution in [0.3, 0.4) is 0 Å². The first kappa shape index (κ1) is 21.5. The monoisotopic (exact) mass is 444 g/mol. The van der Waals surface area contributed by atoms with Crippen LogP contribution in [0.1, 0.15) is 22.8 Å². The second-order valence-electron chi connectivity index (χ2n) is 7.52. The van der Waals surface area contributed by atoms with Gasteiger partial charge in [0.1, 0.15) is 11.7 Å².